The van der Waals surface area contributed by atoms with E-state index < -0.39 is 0 Å². The minimum Gasteiger partial charge on any atom is -0.388 e. The largest absolute Gasteiger partial charge is 0.388 e. The third-order valence-electron chi connectivity index (χ3n) is 2.91. The van der Waals surface area contributed by atoms with Crippen molar-refractivity contribution in [2.45, 2.75) is 44.6 Å². The van der Waals surface area contributed by atoms with Crippen molar-refractivity contribution in [3.8, 4) is 12.3 Å². The molecule has 2 rings (SSSR count). The Balaban J connectivity index is 2.09. The van der Waals surface area contributed by atoms with Gasteiger partial charge in [-0.15, -0.1) is 23.7 Å². The molecule has 1 unspecified atom stereocenters. The Bertz CT molecular complexity index is 349. The van der Waals surface area contributed by atoms with Crippen LogP contribution in [-0.2, 0) is 12.8 Å². The summed E-state index contributed by atoms with van der Waals surface area (Å²) in [5, 5.41) is 9.92. The van der Waals surface area contributed by atoms with Crippen LogP contribution in [0.25, 0.3) is 0 Å². The van der Waals surface area contributed by atoms with Gasteiger partial charge in [0, 0.05) is 16.2 Å². The summed E-state index contributed by atoms with van der Waals surface area (Å²) in [5.74, 6) is 2.57. The Hall–Kier alpha value is -0.780. The number of thiophene rings is 1. The summed E-state index contributed by atoms with van der Waals surface area (Å²) in [6.45, 7) is 0. The lowest BCUT2D eigenvalue weighted by atomic mass is 9.99. The maximum atomic E-state index is 9.92. The minimum absolute atomic E-state index is 0.350. The molecule has 0 saturated heterocycles. The van der Waals surface area contributed by atoms with Crippen LogP contribution in [0.15, 0.2) is 6.07 Å². The van der Waals surface area contributed by atoms with E-state index in [0.29, 0.717) is 12.8 Å². The molecule has 1 atom stereocenters. The number of aliphatic hydroxyl groups is 1. The van der Waals surface area contributed by atoms with Crippen LogP contribution in [0.2, 0.25) is 0 Å². The SMILES string of the molecule is C#CCCC(O)c1cc2c(s1)CCCC2. The summed E-state index contributed by atoms with van der Waals surface area (Å²) < 4.78 is 0. The highest BCUT2D eigenvalue weighted by Crippen LogP contribution is 2.34. The molecule has 0 spiro atoms. The van der Waals surface area contributed by atoms with Crippen molar-refractivity contribution in [1.29, 1.82) is 0 Å². The van der Waals surface area contributed by atoms with E-state index >= 15 is 0 Å². The van der Waals surface area contributed by atoms with Crippen molar-refractivity contribution in [3.63, 3.8) is 0 Å². The summed E-state index contributed by atoms with van der Waals surface area (Å²) in [5.41, 5.74) is 1.46. The van der Waals surface area contributed by atoms with E-state index in [0.717, 1.165) is 4.88 Å². The van der Waals surface area contributed by atoms with E-state index in [1.54, 1.807) is 11.3 Å². The van der Waals surface area contributed by atoms with Gasteiger partial charge in [0.25, 0.3) is 0 Å². The summed E-state index contributed by atoms with van der Waals surface area (Å²) >= 11 is 1.78. The van der Waals surface area contributed by atoms with Gasteiger partial charge in [-0.25, -0.2) is 0 Å². The Morgan fingerprint density at radius 2 is 2.27 bits per heavy atom. The van der Waals surface area contributed by atoms with E-state index in [4.69, 9.17) is 6.42 Å². The summed E-state index contributed by atoms with van der Waals surface area (Å²) in [6, 6.07) is 2.18. The van der Waals surface area contributed by atoms with Gasteiger partial charge in [-0.05, 0) is 43.7 Å². The van der Waals surface area contributed by atoms with Gasteiger partial charge in [0.1, 0.15) is 0 Å². The third-order valence-corrected chi connectivity index (χ3v) is 4.24. The number of hydrogen-bond donors (Lipinski definition) is 1. The zero-order chi connectivity index (χ0) is 10.7. The molecule has 80 valence electrons. The number of fused-ring (bicyclic) bond motifs is 1. The zero-order valence-corrected chi connectivity index (χ0v) is 9.65. The zero-order valence-electron chi connectivity index (χ0n) is 8.83. The van der Waals surface area contributed by atoms with Crippen LogP contribution in [0.5, 0.6) is 0 Å². The number of hydrogen-bond acceptors (Lipinski definition) is 2. The molecule has 0 radical (unpaired) electrons. The summed E-state index contributed by atoms with van der Waals surface area (Å²) in [7, 11) is 0. The van der Waals surface area contributed by atoms with Crippen LogP contribution in [0, 0.1) is 12.3 Å². The quantitative estimate of drug-likeness (QED) is 0.776. The second-order valence-corrected chi connectivity index (χ2v) is 5.23. The topological polar surface area (TPSA) is 20.2 Å². The van der Waals surface area contributed by atoms with E-state index in [-0.39, 0.29) is 6.10 Å². The maximum absolute atomic E-state index is 9.92. The van der Waals surface area contributed by atoms with Crippen molar-refractivity contribution in [1.82, 2.24) is 0 Å². The van der Waals surface area contributed by atoms with Crippen LogP contribution >= 0.6 is 11.3 Å². The van der Waals surface area contributed by atoms with Crippen molar-refractivity contribution < 1.29 is 5.11 Å². The molecule has 2 heteroatoms. The van der Waals surface area contributed by atoms with Crippen LogP contribution < -0.4 is 0 Å². The molecule has 0 saturated carbocycles. The molecular weight excluding hydrogens is 204 g/mol. The highest BCUT2D eigenvalue weighted by molar-refractivity contribution is 7.12. The van der Waals surface area contributed by atoms with Crippen LogP contribution in [0.4, 0.5) is 0 Å². The molecule has 1 aromatic heterocycles. The standard InChI is InChI=1S/C13H16OS/c1-2-3-7-11(14)13-9-10-6-4-5-8-12(10)15-13/h1,9,11,14H,3-8H2. The Morgan fingerprint density at radius 3 is 3.00 bits per heavy atom. The van der Waals surface area contributed by atoms with Gasteiger partial charge in [-0.2, -0.15) is 0 Å². The van der Waals surface area contributed by atoms with E-state index in [9.17, 15) is 5.11 Å². The van der Waals surface area contributed by atoms with Crippen molar-refractivity contribution in [3.05, 3.63) is 21.4 Å². The molecule has 0 aliphatic heterocycles. The van der Waals surface area contributed by atoms with Gasteiger partial charge >= 0.3 is 0 Å². The fourth-order valence-electron chi connectivity index (χ4n) is 2.04. The summed E-state index contributed by atoms with van der Waals surface area (Å²) in [6.07, 6.45) is 11.2. The van der Waals surface area contributed by atoms with Crippen LogP contribution in [-0.4, -0.2) is 5.11 Å². The van der Waals surface area contributed by atoms with Crippen molar-refractivity contribution in [2.24, 2.45) is 0 Å². The smallest absolute Gasteiger partial charge is 0.0891 e. The second-order valence-electron chi connectivity index (χ2n) is 4.06. The fourth-order valence-corrected chi connectivity index (χ4v) is 3.32. The first-order valence-electron chi connectivity index (χ1n) is 5.54. The van der Waals surface area contributed by atoms with Gasteiger partial charge < -0.3 is 5.11 Å². The third kappa shape index (κ3) is 2.42. The monoisotopic (exact) mass is 220 g/mol. The van der Waals surface area contributed by atoms with E-state index in [1.807, 2.05) is 0 Å². The first kappa shape index (κ1) is 10.7. The van der Waals surface area contributed by atoms with E-state index in [1.165, 1.54) is 36.1 Å². The lowest BCUT2D eigenvalue weighted by Crippen LogP contribution is -1.96. The number of aliphatic hydroxyl groups excluding tert-OH is 1. The first-order valence-corrected chi connectivity index (χ1v) is 6.36. The first-order chi connectivity index (χ1) is 7.31. The lowest BCUT2D eigenvalue weighted by Gasteiger charge is -2.08. The molecule has 1 aliphatic rings. The fraction of sp³-hybridized carbons (Fsp3) is 0.538. The van der Waals surface area contributed by atoms with Gasteiger partial charge in [0.15, 0.2) is 0 Å². The molecule has 0 bridgehead atoms. The lowest BCUT2D eigenvalue weighted by molar-refractivity contribution is 0.173. The predicted octanol–water partition coefficient (Wildman–Crippen LogP) is 3.07. The molecule has 1 aliphatic carbocycles. The number of aryl methyl sites for hydroxylation is 2. The van der Waals surface area contributed by atoms with Gasteiger partial charge in [-0.3, -0.25) is 0 Å². The van der Waals surface area contributed by atoms with Crippen molar-refractivity contribution >= 4 is 11.3 Å². The predicted molar refractivity (Wildman–Crippen MR) is 64.0 cm³/mol. The average molecular weight is 220 g/mol. The Labute approximate surface area is 95.1 Å². The number of terminal acetylenes is 1. The molecule has 1 N–H and O–H groups in total. The highest BCUT2D eigenvalue weighted by atomic mass is 32.1. The minimum atomic E-state index is -0.350. The van der Waals surface area contributed by atoms with Crippen molar-refractivity contribution in [2.75, 3.05) is 0 Å². The van der Waals surface area contributed by atoms with E-state index in [2.05, 4.69) is 12.0 Å². The molecule has 0 fully saturated rings. The Morgan fingerprint density at radius 1 is 1.47 bits per heavy atom. The molecule has 1 heterocycles. The van der Waals surface area contributed by atoms with Gasteiger partial charge in [0.2, 0.25) is 0 Å². The molecular formula is C13H16OS. The summed E-state index contributed by atoms with van der Waals surface area (Å²) in [4.78, 5) is 2.59. The molecule has 15 heavy (non-hydrogen) atoms. The highest BCUT2D eigenvalue weighted by Gasteiger charge is 2.16. The van der Waals surface area contributed by atoms with Crippen LogP contribution in [0.3, 0.4) is 0 Å². The average Bonchev–Trinajstić information content (AvgIpc) is 2.69. The molecule has 0 amide bonds. The van der Waals surface area contributed by atoms with Gasteiger partial charge in [-0.1, -0.05) is 0 Å². The second kappa shape index (κ2) is 4.83. The normalized spacial score (nSPS) is 16.8. The van der Waals surface area contributed by atoms with Gasteiger partial charge in [0.05, 0.1) is 6.10 Å². The molecule has 0 aromatic carbocycles. The molecule has 1 aromatic rings. The number of rotatable bonds is 3. The Kier molecular flexibility index (Phi) is 3.45. The van der Waals surface area contributed by atoms with Crippen LogP contribution in [0.1, 0.15) is 47.1 Å². The maximum Gasteiger partial charge on any atom is 0.0891 e. The molecule has 1 nitrogen and oxygen atoms in total.